The number of ether oxygens (including phenoxy) is 1. The van der Waals surface area contributed by atoms with Gasteiger partial charge in [0.15, 0.2) is 0 Å². The third-order valence-corrected chi connectivity index (χ3v) is 2.68. The van der Waals surface area contributed by atoms with Crippen LogP contribution in [-0.2, 0) is 11.2 Å². The van der Waals surface area contributed by atoms with E-state index in [0.29, 0.717) is 13.0 Å². The van der Waals surface area contributed by atoms with E-state index in [1.165, 1.54) is 11.7 Å². The van der Waals surface area contributed by atoms with Crippen LogP contribution in [-0.4, -0.2) is 24.3 Å². The Balaban J connectivity index is 2.55. The maximum atomic E-state index is 11.6. The summed E-state index contributed by atoms with van der Waals surface area (Å²) < 4.78 is 6.24. The maximum Gasteiger partial charge on any atom is 0.418 e. The van der Waals surface area contributed by atoms with Gasteiger partial charge in [0.1, 0.15) is 0 Å². The Morgan fingerprint density at radius 3 is 2.94 bits per heavy atom. The SMILES string of the molecule is C#[N+]CCc1cn(C(=O)OC)c2ccccc12. The van der Waals surface area contributed by atoms with Crippen LogP contribution in [0.2, 0.25) is 0 Å². The molecule has 0 saturated heterocycles. The molecular weight excluding hydrogens is 216 g/mol. The summed E-state index contributed by atoms with van der Waals surface area (Å²) in [5.74, 6) is 0. The van der Waals surface area contributed by atoms with Crippen molar-refractivity contribution in [1.29, 1.82) is 0 Å². The summed E-state index contributed by atoms with van der Waals surface area (Å²) in [4.78, 5) is 15.2. The zero-order valence-corrected chi connectivity index (χ0v) is 9.59. The quantitative estimate of drug-likeness (QED) is 0.793. The van der Waals surface area contributed by atoms with E-state index in [1.807, 2.05) is 24.3 Å². The van der Waals surface area contributed by atoms with Crippen molar-refractivity contribution in [3.63, 3.8) is 0 Å². The Bertz CT molecular complexity index is 593. The summed E-state index contributed by atoms with van der Waals surface area (Å²) in [6.07, 6.45) is 2.10. The standard InChI is InChI=1S/C13H13N2O2/c1-14-8-7-10-9-15(13(16)17-2)12-6-4-3-5-11(10)12/h1,3-6,9H,7-8H2,2H3/q+1. The van der Waals surface area contributed by atoms with E-state index in [0.717, 1.165) is 16.5 Å². The molecule has 0 bridgehead atoms. The summed E-state index contributed by atoms with van der Waals surface area (Å²) >= 11 is 0. The molecule has 0 fully saturated rings. The molecule has 0 unspecified atom stereocenters. The van der Waals surface area contributed by atoms with Gasteiger partial charge in [-0.15, -0.1) is 0 Å². The van der Waals surface area contributed by atoms with Crippen molar-refractivity contribution in [3.05, 3.63) is 40.9 Å². The van der Waals surface area contributed by atoms with Crippen LogP contribution < -0.4 is 0 Å². The van der Waals surface area contributed by atoms with Crippen molar-refractivity contribution in [3.8, 4) is 6.57 Å². The van der Waals surface area contributed by atoms with E-state index in [-0.39, 0.29) is 0 Å². The first-order valence-electron chi connectivity index (χ1n) is 5.32. The van der Waals surface area contributed by atoms with Crippen LogP contribution >= 0.6 is 0 Å². The molecule has 86 valence electrons. The van der Waals surface area contributed by atoms with Gasteiger partial charge in [-0.3, -0.25) is 4.57 Å². The molecule has 2 rings (SSSR count). The minimum atomic E-state index is -0.392. The third-order valence-electron chi connectivity index (χ3n) is 2.68. The van der Waals surface area contributed by atoms with Gasteiger partial charge in [-0.1, -0.05) is 23.0 Å². The Morgan fingerprint density at radius 2 is 2.24 bits per heavy atom. The van der Waals surface area contributed by atoms with Crippen LogP contribution in [0.15, 0.2) is 30.5 Å². The second-order valence-electron chi connectivity index (χ2n) is 3.67. The van der Waals surface area contributed by atoms with Crippen LogP contribution in [0.4, 0.5) is 4.79 Å². The minimum Gasteiger partial charge on any atom is -0.452 e. The lowest BCUT2D eigenvalue weighted by Gasteiger charge is -2.00. The zero-order valence-electron chi connectivity index (χ0n) is 9.59. The average molecular weight is 229 g/mol. The van der Waals surface area contributed by atoms with Gasteiger partial charge in [-0.05, 0) is 11.6 Å². The molecule has 17 heavy (non-hydrogen) atoms. The molecule has 0 radical (unpaired) electrons. The van der Waals surface area contributed by atoms with Crippen LogP contribution in [0.25, 0.3) is 15.7 Å². The predicted molar refractivity (Wildman–Crippen MR) is 66.6 cm³/mol. The van der Waals surface area contributed by atoms with Crippen molar-refractivity contribution in [1.82, 2.24) is 4.57 Å². The minimum absolute atomic E-state index is 0.392. The number of para-hydroxylation sites is 1. The van der Waals surface area contributed by atoms with E-state index in [2.05, 4.69) is 4.85 Å². The number of aromatic nitrogens is 1. The normalized spacial score (nSPS) is 10.1. The molecule has 0 N–H and O–H groups in total. The molecule has 0 aliphatic heterocycles. The Labute approximate surface area is 99.2 Å². The molecule has 1 heterocycles. The molecule has 0 aliphatic carbocycles. The second kappa shape index (κ2) is 4.71. The van der Waals surface area contributed by atoms with Gasteiger partial charge >= 0.3 is 6.09 Å². The van der Waals surface area contributed by atoms with E-state index < -0.39 is 6.09 Å². The van der Waals surface area contributed by atoms with Crippen LogP contribution in [0, 0.1) is 6.57 Å². The van der Waals surface area contributed by atoms with Gasteiger partial charge in [-0.25, -0.2) is 4.79 Å². The van der Waals surface area contributed by atoms with Gasteiger partial charge in [0.05, 0.1) is 19.0 Å². The first-order chi connectivity index (χ1) is 8.27. The number of fused-ring (bicyclic) bond motifs is 1. The van der Waals surface area contributed by atoms with E-state index in [1.54, 1.807) is 6.20 Å². The monoisotopic (exact) mass is 229 g/mol. The topological polar surface area (TPSA) is 35.6 Å². The van der Waals surface area contributed by atoms with Crippen molar-refractivity contribution in [2.24, 2.45) is 0 Å². The first kappa shape index (κ1) is 11.2. The number of carbonyl (C=O) groups is 1. The van der Waals surface area contributed by atoms with Gasteiger partial charge in [-0.2, -0.15) is 0 Å². The van der Waals surface area contributed by atoms with Gasteiger partial charge in [0.25, 0.3) is 13.1 Å². The lowest BCUT2D eigenvalue weighted by atomic mass is 10.1. The lowest BCUT2D eigenvalue weighted by molar-refractivity contribution is 0.174. The second-order valence-corrected chi connectivity index (χ2v) is 3.67. The molecular formula is C13H13N2O2+. The smallest absolute Gasteiger partial charge is 0.418 e. The summed E-state index contributed by atoms with van der Waals surface area (Å²) in [5, 5.41) is 1.03. The highest BCUT2D eigenvalue weighted by atomic mass is 16.5. The molecule has 0 amide bonds. The summed E-state index contributed by atoms with van der Waals surface area (Å²) in [6, 6.07) is 7.68. The summed E-state index contributed by atoms with van der Waals surface area (Å²) in [7, 11) is 1.37. The molecule has 0 spiro atoms. The molecule has 0 atom stereocenters. The van der Waals surface area contributed by atoms with Crippen molar-refractivity contribution in [2.45, 2.75) is 6.42 Å². The number of rotatable bonds is 2. The molecule has 1 aromatic carbocycles. The van der Waals surface area contributed by atoms with Gasteiger partial charge in [0, 0.05) is 11.6 Å². The Morgan fingerprint density at radius 1 is 1.47 bits per heavy atom. The first-order valence-corrected chi connectivity index (χ1v) is 5.32. The van der Waals surface area contributed by atoms with Crippen LogP contribution in [0.3, 0.4) is 0 Å². The van der Waals surface area contributed by atoms with E-state index >= 15 is 0 Å². The molecule has 0 saturated carbocycles. The van der Waals surface area contributed by atoms with E-state index in [4.69, 9.17) is 11.3 Å². The zero-order chi connectivity index (χ0) is 12.3. The molecule has 1 aromatic heterocycles. The third kappa shape index (κ3) is 2.00. The summed E-state index contributed by atoms with van der Waals surface area (Å²) in [6.45, 7) is 5.68. The van der Waals surface area contributed by atoms with Crippen LogP contribution in [0.1, 0.15) is 5.56 Å². The molecule has 4 nitrogen and oxygen atoms in total. The van der Waals surface area contributed by atoms with Gasteiger partial charge in [0.2, 0.25) is 0 Å². The molecule has 2 aromatic rings. The predicted octanol–water partition coefficient (Wildman–Crippen LogP) is 2.76. The number of hydrogen-bond donors (Lipinski definition) is 0. The highest BCUT2D eigenvalue weighted by molar-refractivity contribution is 5.91. The highest BCUT2D eigenvalue weighted by Gasteiger charge is 2.13. The Kier molecular flexibility index (Phi) is 3.10. The fourth-order valence-corrected chi connectivity index (χ4v) is 1.88. The fraction of sp³-hybridized carbons (Fsp3) is 0.231. The van der Waals surface area contributed by atoms with Gasteiger partial charge < -0.3 is 4.74 Å². The number of benzene rings is 1. The average Bonchev–Trinajstić information content (AvgIpc) is 2.74. The number of methoxy groups -OCH3 is 1. The lowest BCUT2D eigenvalue weighted by Crippen LogP contribution is -2.09. The largest absolute Gasteiger partial charge is 0.452 e. The number of nitrogens with zero attached hydrogens (tertiary/aromatic N) is 2. The fourth-order valence-electron chi connectivity index (χ4n) is 1.88. The Hall–Kier alpha value is -2.28. The van der Waals surface area contributed by atoms with Crippen LogP contribution in [0.5, 0.6) is 0 Å². The molecule has 0 aliphatic rings. The van der Waals surface area contributed by atoms with Crippen molar-refractivity contribution in [2.75, 3.05) is 13.7 Å². The number of carbonyl (C=O) groups excluding carboxylic acids is 1. The molecule has 4 heteroatoms. The van der Waals surface area contributed by atoms with E-state index in [9.17, 15) is 4.79 Å². The summed E-state index contributed by atoms with van der Waals surface area (Å²) in [5.41, 5.74) is 1.88. The van der Waals surface area contributed by atoms with Crippen molar-refractivity contribution < 1.29 is 9.53 Å². The van der Waals surface area contributed by atoms with Crippen molar-refractivity contribution >= 4 is 17.0 Å². The maximum absolute atomic E-state index is 11.6. The highest BCUT2D eigenvalue weighted by Crippen LogP contribution is 2.22. The number of hydrogen-bond acceptors (Lipinski definition) is 2.